The lowest BCUT2D eigenvalue weighted by Crippen LogP contribution is -2.26. The van der Waals surface area contributed by atoms with E-state index in [-0.39, 0.29) is 11.9 Å². The minimum Gasteiger partial charge on any atom is -0.313 e. The van der Waals surface area contributed by atoms with E-state index in [4.69, 9.17) is 11.6 Å². The van der Waals surface area contributed by atoms with Crippen LogP contribution in [0.15, 0.2) is 16.6 Å². The summed E-state index contributed by atoms with van der Waals surface area (Å²) in [5.74, 6) is 0.224. The molecule has 19 heavy (non-hydrogen) atoms. The molecule has 1 aromatic rings. The number of hydrogen-bond acceptors (Lipinski definition) is 1. The maximum atomic E-state index is 14.2. The zero-order chi connectivity index (χ0) is 14.4. The first kappa shape index (κ1) is 16.9. The van der Waals surface area contributed by atoms with Crippen molar-refractivity contribution in [3.05, 3.63) is 33.0 Å². The molecule has 4 heteroatoms. The van der Waals surface area contributed by atoms with Gasteiger partial charge in [-0.05, 0) is 47.4 Å². The quantitative estimate of drug-likeness (QED) is 0.620. The molecule has 1 rings (SSSR count). The van der Waals surface area contributed by atoms with E-state index in [9.17, 15) is 4.39 Å². The highest BCUT2D eigenvalue weighted by Gasteiger charge is 2.23. The molecule has 1 aromatic carbocycles. The summed E-state index contributed by atoms with van der Waals surface area (Å²) in [4.78, 5) is 0. The summed E-state index contributed by atoms with van der Waals surface area (Å²) in [7, 11) is 1.88. The molecule has 0 spiro atoms. The molecular formula is C15H22BrClFN. The van der Waals surface area contributed by atoms with Gasteiger partial charge in [-0.1, -0.05) is 44.7 Å². The first-order valence-corrected chi connectivity index (χ1v) is 8.03. The van der Waals surface area contributed by atoms with Gasteiger partial charge in [0.05, 0.1) is 5.02 Å². The number of hydrogen-bond donors (Lipinski definition) is 1. The Morgan fingerprint density at radius 2 is 2.05 bits per heavy atom. The van der Waals surface area contributed by atoms with Crippen LogP contribution in [0.25, 0.3) is 0 Å². The average Bonchev–Trinajstić information content (AvgIpc) is 2.39. The zero-order valence-electron chi connectivity index (χ0n) is 11.8. The first-order chi connectivity index (χ1) is 9.04. The molecule has 0 saturated heterocycles. The fourth-order valence-corrected chi connectivity index (χ4v) is 2.98. The monoisotopic (exact) mass is 349 g/mol. The van der Waals surface area contributed by atoms with E-state index in [1.165, 1.54) is 12.5 Å². The molecule has 0 amide bonds. The number of halogens is 3. The Morgan fingerprint density at radius 1 is 1.37 bits per heavy atom. The van der Waals surface area contributed by atoms with Gasteiger partial charge in [-0.2, -0.15) is 0 Å². The first-order valence-electron chi connectivity index (χ1n) is 6.86. The lowest BCUT2D eigenvalue weighted by molar-refractivity contribution is 0.331. The van der Waals surface area contributed by atoms with Crippen molar-refractivity contribution in [1.29, 1.82) is 0 Å². The Labute approximate surface area is 129 Å². The highest BCUT2D eigenvalue weighted by molar-refractivity contribution is 9.10. The van der Waals surface area contributed by atoms with Crippen molar-refractivity contribution >= 4 is 27.5 Å². The van der Waals surface area contributed by atoms with Crippen LogP contribution in [0.2, 0.25) is 5.02 Å². The molecule has 2 unspecified atom stereocenters. The van der Waals surface area contributed by atoms with Gasteiger partial charge in [0.25, 0.3) is 0 Å². The van der Waals surface area contributed by atoms with Gasteiger partial charge in [-0.25, -0.2) is 4.39 Å². The SMILES string of the molecule is CCCCC(CC)C(NC)c1cc(Cl)c(Br)cc1F. The molecular weight excluding hydrogens is 329 g/mol. The number of nitrogens with one attached hydrogen (secondary N) is 1. The molecule has 0 aliphatic rings. The zero-order valence-corrected chi connectivity index (χ0v) is 14.1. The third kappa shape index (κ3) is 4.44. The van der Waals surface area contributed by atoms with E-state index in [0.717, 1.165) is 19.3 Å². The standard InChI is InChI=1S/C15H22BrClFN/c1-4-6-7-10(5-2)15(19-3)11-8-13(17)12(16)9-14(11)18/h8-10,15,19H,4-7H2,1-3H3. The van der Waals surface area contributed by atoms with Crippen LogP contribution in [-0.2, 0) is 0 Å². The Morgan fingerprint density at radius 3 is 2.58 bits per heavy atom. The van der Waals surface area contributed by atoms with Crippen LogP contribution >= 0.6 is 27.5 Å². The minimum absolute atomic E-state index is 0.0159. The lowest BCUT2D eigenvalue weighted by atomic mass is 9.87. The Hall–Kier alpha value is -0.120. The predicted octanol–water partition coefficient (Wildman–Crippen LogP) is 5.72. The van der Waals surface area contributed by atoms with Crippen LogP contribution in [0.1, 0.15) is 51.1 Å². The smallest absolute Gasteiger partial charge is 0.129 e. The van der Waals surface area contributed by atoms with Crippen molar-refractivity contribution in [3.8, 4) is 0 Å². The van der Waals surface area contributed by atoms with Gasteiger partial charge in [0.15, 0.2) is 0 Å². The Kier molecular flexibility index (Phi) is 7.33. The summed E-state index contributed by atoms with van der Waals surface area (Å²) < 4.78 is 14.8. The summed E-state index contributed by atoms with van der Waals surface area (Å²) in [6.07, 6.45) is 4.46. The Bertz CT molecular complexity index is 411. The third-order valence-corrected chi connectivity index (χ3v) is 4.81. The molecule has 1 nitrogen and oxygen atoms in total. The van der Waals surface area contributed by atoms with E-state index in [1.807, 2.05) is 7.05 Å². The molecule has 0 heterocycles. The maximum Gasteiger partial charge on any atom is 0.129 e. The van der Waals surface area contributed by atoms with E-state index in [1.54, 1.807) is 6.07 Å². The summed E-state index contributed by atoms with van der Waals surface area (Å²) >= 11 is 9.35. The third-order valence-electron chi connectivity index (χ3n) is 3.61. The number of rotatable bonds is 7. The van der Waals surface area contributed by atoms with Gasteiger partial charge in [0.2, 0.25) is 0 Å². The second-order valence-corrected chi connectivity index (χ2v) is 6.13. The van der Waals surface area contributed by atoms with Crippen LogP contribution in [0.5, 0.6) is 0 Å². The van der Waals surface area contributed by atoms with Crippen LogP contribution in [0.4, 0.5) is 4.39 Å². The van der Waals surface area contributed by atoms with Crippen molar-refractivity contribution in [2.45, 2.75) is 45.6 Å². The molecule has 0 saturated carbocycles. The van der Waals surface area contributed by atoms with Gasteiger partial charge in [-0.3, -0.25) is 0 Å². The van der Waals surface area contributed by atoms with Crippen LogP contribution in [0.3, 0.4) is 0 Å². The maximum absolute atomic E-state index is 14.2. The highest BCUT2D eigenvalue weighted by Crippen LogP contribution is 2.34. The number of benzene rings is 1. The normalized spacial score (nSPS) is 14.4. The molecule has 108 valence electrons. The Balaban J connectivity index is 3.04. The van der Waals surface area contributed by atoms with Crippen molar-refractivity contribution in [2.24, 2.45) is 5.92 Å². The van der Waals surface area contributed by atoms with Gasteiger partial charge >= 0.3 is 0 Å². The van der Waals surface area contributed by atoms with Crippen LogP contribution < -0.4 is 5.32 Å². The van der Waals surface area contributed by atoms with Gasteiger partial charge in [0.1, 0.15) is 5.82 Å². The molecule has 0 aliphatic heterocycles. The van der Waals surface area contributed by atoms with E-state index in [2.05, 4.69) is 35.1 Å². The number of unbranched alkanes of at least 4 members (excludes halogenated alkanes) is 1. The fourth-order valence-electron chi connectivity index (χ4n) is 2.49. The topological polar surface area (TPSA) is 12.0 Å². The summed E-state index contributed by atoms with van der Waals surface area (Å²) in [6.45, 7) is 4.33. The molecule has 0 fully saturated rings. The van der Waals surface area contributed by atoms with E-state index < -0.39 is 0 Å². The van der Waals surface area contributed by atoms with Gasteiger partial charge in [-0.15, -0.1) is 0 Å². The second-order valence-electron chi connectivity index (χ2n) is 4.86. The molecule has 0 aliphatic carbocycles. The highest BCUT2D eigenvalue weighted by atomic mass is 79.9. The molecule has 0 radical (unpaired) electrons. The molecule has 0 bridgehead atoms. The van der Waals surface area contributed by atoms with Crippen molar-refractivity contribution in [2.75, 3.05) is 7.05 Å². The van der Waals surface area contributed by atoms with Gasteiger partial charge in [0, 0.05) is 16.1 Å². The molecule has 2 atom stereocenters. The lowest BCUT2D eigenvalue weighted by Gasteiger charge is -2.27. The van der Waals surface area contributed by atoms with Crippen LogP contribution in [-0.4, -0.2) is 7.05 Å². The van der Waals surface area contributed by atoms with E-state index >= 15 is 0 Å². The van der Waals surface area contributed by atoms with Crippen molar-refractivity contribution in [3.63, 3.8) is 0 Å². The summed E-state index contributed by atoms with van der Waals surface area (Å²) in [6, 6.07) is 3.20. The second kappa shape index (κ2) is 8.23. The van der Waals surface area contributed by atoms with E-state index in [0.29, 0.717) is 21.0 Å². The van der Waals surface area contributed by atoms with Gasteiger partial charge < -0.3 is 5.32 Å². The average molecular weight is 351 g/mol. The van der Waals surface area contributed by atoms with Crippen LogP contribution in [0, 0.1) is 11.7 Å². The fraction of sp³-hybridized carbons (Fsp3) is 0.600. The van der Waals surface area contributed by atoms with Crippen molar-refractivity contribution < 1.29 is 4.39 Å². The molecule has 0 aromatic heterocycles. The summed E-state index contributed by atoms with van der Waals surface area (Å²) in [5, 5.41) is 3.81. The molecule has 1 N–H and O–H groups in total. The van der Waals surface area contributed by atoms with Crippen molar-refractivity contribution in [1.82, 2.24) is 5.32 Å². The predicted molar refractivity (Wildman–Crippen MR) is 84.2 cm³/mol. The summed E-state index contributed by atoms with van der Waals surface area (Å²) in [5.41, 5.74) is 0.665. The minimum atomic E-state index is -0.203. The largest absolute Gasteiger partial charge is 0.313 e.